The highest BCUT2D eigenvalue weighted by Crippen LogP contribution is 2.20. The SMILES string of the molecule is CCc1cnc(C(C)NC(=O)c2ccc(CCN)cc2)s1. The first-order chi connectivity index (χ1) is 10.1. The maximum Gasteiger partial charge on any atom is 0.251 e. The van der Waals surface area contributed by atoms with Gasteiger partial charge >= 0.3 is 0 Å². The van der Waals surface area contributed by atoms with Crippen LogP contribution in [0.3, 0.4) is 0 Å². The van der Waals surface area contributed by atoms with Gasteiger partial charge < -0.3 is 11.1 Å². The van der Waals surface area contributed by atoms with Crippen LogP contribution in [0.1, 0.15) is 45.7 Å². The summed E-state index contributed by atoms with van der Waals surface area (Å²) in [4.78, 5) is 17.8. The lowest BCUT2D eigenvalue weighted by atomic mass is 10.1. The lowest BCUT2D eigenvalue weighted by Crippen LogP contribution is -2.26. The van der Waals surface area contributed by atoms with Crippen LogP contribution >= 0.6 is 11.3 Å². The number of hydrogen-bond acceptors (Lipinski definition) is 4. The number of amides is 1. The Morgan fingerprint density at radius 2 is 2.10 bits per heavy atom. The molecule has 0 radical (unpaired) electrons. The fourth-order valence-electron chi connectivity index (χ4n) is 2.02. The normalized spacial score (nSPS) is 12.1. The fourth-order valence-corrected chi connectivity index (χ4v) is 2.88. The zero-order valence-electron chi connectivity index (χ0n) is 12.4. The smallest absolute Gasteiger partial charge is 0.251 e. The minimum absolute atomic E-state index is 0.0740. The topological polar surface area (TPSA) is 68.0 Å². The first-order valence-electron chi connectivity index (χ1n) is 7.18. The lowest BCUT2D eigenvalue weighted by Gasteiger charge is -2.11. The van der Waals surface area contributed by atoms with Crippen molar-refractivity contribution in [3.63, 3.8) is 0 Å². The van der Waals surface area contributed by atoms with E-state index in [9.17, 15) is 4.79 Å². The molecule has 5 heteroatoms. The van der Waals surface area contributed by atoms with Crippen LogP contribution in [0.2, 0.25) is 0 Å². The predicted octanol–water partition coefficient (Wildman–Crippen LogP) is 2.70. The molecule has 0 saturated heterocycles. The van der Waals surface area contributed by atoms with Gasteiger partial charge in [0.2, 0.25) is 0 Å². The molecule has 0 saturated carbocycles. The number of aryl methyl sites for hydroxylation is 1. The Hall–Kier alpha value is -1.72. The third-order valence-electron chi connectivity index (χ3n) is 3.29. The van der Waals surface area contributed by atoms with Gasteiger partial charge in [-0.2, -0.15) is 0 Å². The van der Waals surface area contributed by atoms with Gasteiger partial charge in [0.1, 0.15) is 5.01 Å². The largest absolute Gasteiger partial charge is 0.343 e. The van der Waals surface area contributed by atoms with Gasteiger partial charge in [-0.1, -0.05) is 19.1 Å². The minimum Gasteiger partial charge on any atom is -0.343 e. The maximum atomic E-state index is 12.2. The molecule has 1 aromatic heterocycles. The van der Waals surface area contributed by atoms with Crippen LogP contribution in [0.25, 0.3) is 0 Å². The van der Waals surface area contributed by atoms with Gasteiger partial charge in [0.25, 0.3) is 5.91 Å². The summed E-state index contributed by atoms with van der Waals surface area (Å²) >= 11 is 1.65. The van der Waals surface area contributed by atoms with Crippen molar-refractivity contribution in [2.45, 2.75) is 32.7 Å². The zero-order chi connectivity index (χ0) is 15.2. The van der Waals surface area contributed by atoms with Crippen LogP contribution < -0.4 is 11.1 Å². The van der Waals surface area contributed by atoms with Gasteiger partial charge in [-0.15, -0.1) is 11.3 Å². The number of hydrogen-bond donors (Lipinski definition) is 2. The second kappa shape index (κ2) is 7.33. The van der Waals surface area contributed by atoms with E-state index >= 15 is 0 Å². The molecule has 3 N–H and O–H groups in total. The molecule has 1 heterocycles. The van der Waals surface area contributed by atoms with Gasteiger partial charge in [0, 0.05) is 16.6 Å². The molecule has 4 nitrogen and oxygen atoms in total. The second-order valence-electron chi connectivity index (χ2n) is 4.95. The Balaban J connectivity index is 1.99. The van der Waals surface area contributed by atoms with Crippen LogP contribution in [-0.2, 0) is 12.8 Å². The Labute approximate surface area is 129 Å². The minimum atomic E-state index is -0.0773. The van der Waals surface area contributed by atoms with Gasteiger partial charge in [0.15, 0.2) is 0 Å². The Kier molecular flexibility index (Phi) is 5.47. The van der Waals surface area contributed by atoms with Gasteiger partial charge in [-0.25, -0.2) is 4.98 Å². The molecule has 0 fully saturated rings. The fraction of sp³-hybridized carbons (Fsp3) is 0.375. The Morgan fingerprint density at radius 3 is 2.67 bits per heavy atom. The van der Waals surface area contributed by atoms with Crippen molar-refractivity contribution in [2.24, 2.45) is 5.73 Å². The Morgan fingerprint density at radius 1 is 1.38 bits per heavy atom. The van der Waals surface area contributed by atoms with Crippen molar-refractivity contribution in [3.8, 4) is 0 Å². The molecule has 1 aromatic carbocycles. The molecule has 1 unspecified atom stereocenters. The van der Waals surface area contributed by atoms with Crippen molar-refractivity contribution in [2.75, 3.05) is 6.54 Å². The van der Waals surface area contributed by atoms with Crippen molar-refractivity contribution in [3.05, 3.63) is 51.5 Å². The van der Waals surface area contributed by atoms with Gasteiger partial charge in [0.05, 0.1) is 6.04 Å². The third kappa shape index (κ3) is 4.12. The van der Waals surface area contributed by atoms with Gasteiger partial charge in [-0.05, 0) is 44.0 Å². The van der Waals surface area contributed by atoms with E-state index in [1.54, 1.807) is 11.3 Å². The number of nitrogens with two attached hydrogens (primary N) is 1. The quantitative estimate of drug-likeness (QED) is 0.862. The summed E-state index contributed by atoms with van der Waals surface area (Å²) in [6.45, 7) is 4.68. The van der Waals surface area contributed by atoms with Crippen molar-refractivity contribution < 1.29 is 4.79 Å². The van der Waals surface area contributed by atoms with E-state index in [0.717, 1.165) is 23.4 Å². The van der Waals surface area contributed by atoms with E-state index in [1.807, 2.05) is 37.4 Å². The summed E-state index contributed by atoms with van der Waals surface area (Å²) < 4.78 is 0. The van der Waals surface area contributed by atoms with E-state index in [4.69, 9.17) is 5.73 Å². The summed E-state index contributed by atoms with van der Waals surface area (Å²) in [6, 6.07) is 7.50. The average molecular weight is 303 g/mol. The lowest BCUT2D eigenvalue weighted by molar-refractivity contribution is 0.0940. The number of carbonyl (C=O) groups is 1. The summed E-state index contributed by atoms with van der Waals surface area (Å²) in [5.41, 5.74) is 7.33. The van der Waals surface area contributed by atoms with Crippen molar-refractivity contribution in [1.82, 2.24) is 10.3 Å². The first kappa shape index (κ1) is 15.7. The van der Waals surface area contributed by atoms with Crippen LogP contribution in [-0.4, -0.2) is 17.4 Å². The Bertz CT molecular complexity index is 592. The standard InChI is InChI=1S/C16H21N3OS/c1-3-14-10-18-16(21-14)11(2)19-15(20)13-6-4-12(5-7-13)8-9-17/h4-7,10-11H,3,8-9,17H2,1-2H3,(H,19,20). The summed E-state index contributed by atoms with van der Waals surface area (Å²) in [5.74, 6) is -0.0740. The first-order valence-corrected chi connectivity index (χ1v) is 8.00. The number of rotatable bonds is 6. The van der Waals surface area contributed by atoms with Crippen molar-refractivity contribution >= 4 is 17.2 Å². The average Bonchev–Trinajstić information content (AvgIpc) is 2.97. The molecule has 2 aromatic rings. The highest BCUT2D eigenvalue weighted by Gasteiger charge is 2.14. The van der Waals surface area contributed by atoms with Crippen LogP contribution in [0.5, 0.6) is 0 Å². The predicted molar refractivity (Wildman–Crippen MR) is 86.6 cm³/mol. The third-order valence-corrected chi connectivity index (χ3v) is 4.61. The monoisotopic (exact) mass is 303 g/mol. The van der Waals surface area contributed by atoms with E-state index in [2.05, 4.69) is 17.2 Å². The summed E-state index contributed by atoms with van der Waals surface area (Å²) in [6.07, 6.45) is 3.68. The van der Waals surface area contributed by atoms with Crippen LogP contribution in [0, 0.1) is 0 Å². The van der Waals surface area contributed by atoms with Gasteiger partial charge in [-0.3, -0.25) is 4.79 Å². The molecule has 0 spiro atoms. The molecule has 2 rings (SSSR count). The van der Waals surface area contributed by atoms with E-state index in [0.29, 0.717) is 12.1 Å². The maximum absolute atomic E-state index is 12.2. The number of benzene rings is 1. The summed E-state index contributed by atoms with van der Waals surface area (Å²) in [7, 11) is 0. The molecular weight excluding hydrogens is 282 g/mol. The van der Waals surface area contributed by atoms with Crippen LogP contribution in [0.15, 0.2) is 30.5 Å². The molecule has 1 atom stereocenters. The van der Waals surface area contributed by atoms with Crippen LogP contribution in [0.4, 0.5) is 0 Å². The van der Waals surface area contributed by atoms with E-state index in [1.165, 1.54) is 4.88 Å². The molecule has 0 aliphatic carbocycles. The number of carbonyl (C=O) groups excluding carboxylic acids is 1. The second-order valence-corrected chi connectivity index (χ2v) is 6.10. The van der Waals surface area contributed by atoms with E-state index in [-0.39, 0.29) is 11.9 Å². The highest BCUT2D eigenvalue weighted by molar-refractivity contribution is 7.11. The molecule has 0 aliphatic heterocycles. The number of nitrogens with zero attached hydrogens (tertiary/aromatic N) is 1. The molecule has 21 heavy (non-hydrogen) atoms. The number of aromatic nitrogens is 1. The molecule has 0 bridgehead atoms. The highest BCUT2D eigenvalue weighted by atomic mass is 32.1. The molecular formula is C16H21N3OS. The van der Waals surface area contributed by atoms with E-state index < -0.39 is 0 Å². The molecule has 112 valence electrons. The zero-order valence-corrected chi connectivity index (χ0v) is 13.2. The molecule has 1 amide bonds. The number of thiazole rings is 1. The summed E-state index contributed by atoms with van der Waals surface area (Å²) in [5, 5.41) is 3.93. The molecule has 0 aliphatic rings. The number of nitrogens with one attached hydrogen (secondary N) is 1. The van der Waals surface area contributed by atoms with Crippen molar-refractivity contribution in [1.29, 1.82) is 0 Å².